The fourth-order valence-electron chi connectivity index (χ4n) is 3.77. The Kier molecular flexibility index (Phi) is 5.34. The molecule has 0 radical (unpaired) electrons. The van der Waals surface area contributed by atoms with Crippen molar-refractivity contribution in [3.05, 3.63) is 53.1 Å². The summed E-state index contributed by atoms with van der Waals surface area (Å²) in [6.45, 7) is 5.94. The number of nitrogens with zero attached hydrogens (tertiary/aromatic N) is 3. The molecule has 6 nitrogen and oxygen atoms in total. The molecule has 1 amide bonds. The van der Waals surface area contributed by atoms with E-state index < -0.39 is 0 Å². The van der Waals surface area contributed by atoms with Gasteiger partial charge in [-0.25, -0.2) is 9.97 Å². The van der Waals surface area contributed by atoms with Crippen LogP contribution in [0.5, 0.6) is 5.75 Å². The molecule has 1 aromatic heterocycles. The van der Waals surface area contributed by atoms with Gasteiger partial charge in [0, 0.05) is 43.7 Å². The van der Waals surface area contributed by atoms with Crippen molar-refractivity contribution in [2.45, 2.75) is 38.6 Å². The minimum Gasteiger partial charge on any atom is -0.494 e. The number of fused-ring (bicyclic) bond motifs is 1. The Morgan fingerprint density at radius 2 is 2.19 bits per heavy atom. The topological polar surface area (TPSA) is 67.3 Å². The number of carbonyl (C=O) groups excluding carboxylic acids is 1. The largest absolute Gasteiger partial charge is 0.494 e. The number of ether oxygens (including phenoxy) is 1. The molecule has 1 aromatic carbocycles. The zero-order chi connectivity index (χ0) is 18.6. The van der Waals surface area contributed by atoms with Crippen molar-refractivity contribution in [3.8, 4) is 5.75 Å². The van der Waals surface area contributed by atoms with Gasteiger partial charge >= 0.3 is 0 Å². The maximum atomic E-state index is 12.7. The third-order valence-electron chi connectivity index (χ3n) is 5.32. The van der Waals surface area contributed by atoms with E-state index in [0.29, 0.717) is 25.5 Å². The van der Waals surface area contributed by atoms with Crippen LogP contribution in [0.1, 0.15) is 41.9 Å². The van der Waals surface area contributed by atoms with Crippen LogP contribution < -0.4 is 10.1 Å². The minimum absolute atomic E-state index is 0.147. The second-order valence-corrected chi connectivity index (χ2v) is 7.21. The molecule has 6 heteroatoms. The smallest absolute Gasteiger partial charge is 0.227 e. The molecule has 3 heterocycles. The summed E-state index contributed by atoms with van der Waals surface area (Å²) in [6, 6.07) is 7.77. The summed E-state index contributed by atoms with van der Waals surface area (Å²) in [4.78, 5) is 24.0. The first-order valence-corrected chi connectivity index (χ1v) is 9.78. The van der Waals surface area contributed by atoms with E-state index in [9.17, 15) is 4.79 Å². The van der Waals surface area contributed by atoms with Crippen molar-refractivity contribution in [1.29, 1.82) is 0 Å². The van der Waals surface area contributed by atoms with Gasteiger partial charge in [0.25, 0.3) is 0 Å². The average Bonchev–Trinajstić information content (AvgIpc) is 3.24. The summed E-state index contributed by atoms with van der Waals surface area (Å²) in [7, 11) is 0. The van der Waals surface area contributed by atoms with Crippen LogP contribution in [0.4, 0.5) is 0 Å². The van der Waals surface area contributed by atoms with Gasteiger partial charge in [-0.1, -0.05) is 12.1 Å². The summed E-state index contributed by atoms with van der Waals surface area (Å²) in [5.74, 6) is 2.36. The molecule has 1 atom stereocenters. The summed E-state index contributed by atoms with van der Waals surface area (Å²) < 4.78 is 5.45. The Bertz CT molecular complexity index is 800. The van der Waals surface area contributed by atoms with Crippen molar-refractivity contribution in [2.75, 3.05) is 26.2 Å². The summed E-state index contributed by atoms with van der Waals surface area (Å²) in [5, 5.41) is 3.37. The lowest BCUT2D eigenvalue weighted by Crippen LogP contribution is -2.37. The molecule has 0 aliphatic carbocycles. The maximum absolute atomic E-state index is 12.7. The molecule has 27 heavy (non-hydrogen) atoms. The van der Waals surface area contributed by atoms with Crippen LogP contribution in [0.25, 0.3) is 0 Å². The number of carbonyl (C=O) groups is 1. The number of hydrogen-bond donors (Lipinski definition) is 1. The first-order valence-electron chi connectivity index (χ1n) is 9.78. The van der Waals surface area contributed by atoms with E-state index in [2.05, 4.69) is 10.3 Å². The highest BCUT2D eigenvalue weighted by Crippen LogP contribution is 2.23. The van der Waals surface area contributed by atoms with Gasteiger partial charge in [0.05, 0.1) is 18.7 Å². The predicted octanol–water partition coefficient (Wildman–Crippen LogP) is 2.08. The first kappa shape index (κ1) is 17.9. The van der Waals surface area contributed by atoms with Crippen LogP contribution in [0, 0.1) is 0 Å². The third-order valence-corrected chi connectivity index (χ3v) is 5.32. The monoisotopic (exact) mass is 366 g/mol. The molecule has 4 rings (SSSR count). The SMILES string of the molecule is CCOc1ccc(CC(=O)N2CCc3nc([C@H]4CCNC4)ncc3C2)cc1. The number of rotatable bonds is 5. The number of nitrogens with one attached hydrogen (secondary N) is 1. The first-order chi connectivity index (χ1) is 13.2. The average molecular weight is 366 g/mol. The molecule has 1 fully saturated rings. The van der Waals surface area contributed by atoms with E-state index in [1.807, 2.05) is 42.3 Å². The van der Waals surface area contributed by atoms with Gasteiger partial charge < -0.3 is 15.0 Å². The molecule has 1 N–H and O–H groups in total. The molecule has 0 bridgehead atoms. The predicted molar refractivity (Wildman–Crippen MR) is 103 cm³/mol. The molecule has 0 saturated carbocycles. The molecule has 2 aliphatic heterocycles. The second kappa shape index (κ2) is 8.05. The fourth-order valence-corrected chi connectivity index (χ4v) is 3.77. The molecular formula is C21H26N4O2. The summed E-state index contributed by atoms with van der Waals surface area (Å²) in [5.41, 5.74) is 3.20. The number of aromatic nitrogens is 2. The zero-order valence-electron chi connectivity index (χ0n) is 15.8. The lowest BCUT2D eigenvalue weighted by Gasteiger charge is -2.28. The van der Waals surface area contributed by atoms with E-state index in [4.69, 9.17) is 9.72 Å². The Morgan fingerprint density at radius 3 is 2.93 bits per heavy atom. The standard InChI is InChI=1S/C21H26N4O2/c1-2-27-18-5-3-15(4-6-18)11-20(26)25-10-8-19-17(14-25)13-23-21(24-19)16-7-9-22-12-16/h3-6,13,16,22H,2,7-12,14H2,1H3/t16-/m0/s1. The highest BCUT2D eigenvalue weighted by Gasteiger charge is 2.25. The van der Waals surface area contributed by atoms with Gasteiger partial charge in [0.1, 0.15) is 11.6 Å². The van der Waals surface area contributed by atoms with Crippen molar-refractivity contribution < 1.29 is 9.53 Å². The van der Waals surface area contributed by atoms with Gasteiger partial charge in [0.15, 0.2) is 0 Å². The Hall–Kier alpha value is -2.47. The van der Waals surface area contributed by atoms with Crippen LogP contribution in [-0.4, -0.2) is 47.0 Å². The fraction of sp³-hybridized carbons (Fsp3) is 0.476. The van der Waals surface area contributed by atoms with E-state index in [1.54, 1.807) is 0 Å². The van der Waals surface area contributed by atoms with Crippen LogP contribution in [-0.2, 0) is 24.2 Å². The van der Waals surface area contributed by atoms with Crippen molar-refractivity contribution >= 4 is 5.91 Å². The summed E-state index contributed by atoms with van der Waals surface area (Å²) >= 11 is 0. The van der Waals surface area contributed by atoms with Crippen molar-refractivity contribution in [3.63, 3.8) is 0 Å². The second-order valence-electron chi connectivity index (χ2n) is 7.21. The van der Waals surface area contributed by atoms with Gasteiger partial charge in [-0.15, -0.1) is 0 Å². The number of benzene rings is 1. The van der Waals surface area contributed by atoms with Gasteiger partial charge in [0.2, 0.25) is 5.91 Å². The number of hydrogen-bond acceptors (Lipinski definition) is 5. The summed E-state index contributed by atoms with van der Waals surface area (Å²) in [6.07, 6.45) is 4.24. The Morgan fingerprint density at radius 1 is 1.33 bits per heavy atom. The highest BCUT2D eigenvalue weighted by atomic mass is 16.5. The molecule has 2 aromatic rings. The van der Waals surface area contributed by atoms with Crippen LogP contribution in [0.3, 0.4) is 0 Å². The third kappa shape index (κ3) is 4.11. The van der Waals surface area contributed by atoms with Crippen molar-refractivity contribution in [2.24, 2.45) is 0 Å². The molecule has 0 spiro atoms. The van der Waals surface area contributed by atoms with Crippen LogP contribution in [0.15, 0.2) is 30.5 Å². The van der Waals surface area contributed by atoms with Gasteiger partial charge in [-0.2, -0.15) is 0 Å². The maximum Gasteiger partial charge on any atom is 0.227 e. The van der Waals surface area contributed by atoms with E-state index in [-0.39, 0.29) is 5.91 Å². The molecule has 142 valence electrons. The molecule has 1 saturated heterocycles. The van der Waals surface area contributed by atoms with E-state index in [1.165, 1.54) is 0 Å². The van der Waals surface area contributed by atoms with Crippen LogP contribution >= 0.6 is 0 Å². The lowest BCUT2D eigenvalue weighted by molar-refractivity contribution is -0.131. The number of amides is 1. The van der Waals surface area contributed by atoms with Crippen LogP contribution in [0.2, 0.25) is 0 Å². The Labute approximate surface area is 160 Å². The minimum atomic E-state index is 0.147. The van der Waals surface area contributed by atoms with Gasteiger partial charge in [-0.05, 0) is 37.6 Å². The van der Waals surface area contributed by atoms with Gasteiger partial charge in [-0.3, -0.25) is 4.79 Å². The lowest BCUT2D eigenvalue weighted by atomic mass is 10.0. The zero-order valence-corrected chi connectivity index (χ0v) is 15.8. The Balaban J connectivity index is 1.39. The van der Waals surface area contributed by atoms with E-state index in [0.717, 1.165) is 60.9 Å². The molecule has 2 aliphatic rings. The molecular weight excluding hydrogens is 340 g/mol. The highest BCUT2D eigenvalue weighted by molar-refractivity contribution is 5.79. The normalized spacial score (nSPS) is 19.0. The quantitative estimate of drug-likeness (QED) is 0.878. The van der Waals surface area contributed by atoms with Crippen molar-refractivity contribution in [1.82, 2.24) is 20.2 Å². The van der Waals surface area contributed by atoms with E-state index >= 15 is 0 Å². The molecule has 0 unspecified atom stereocenters.